The van der Waals surface area contributed by atoms with E-state index in [9.17, 15) is 22.8 Å². The Bertz CT molecular complexity index is 859. The van der Waals surface area contributed by atoms with Crippen molar-refractivity contribution < 1.29 is 22.5 Å². The molecule has 0 spiro atoms. The van der Waals surface area contributed by atoms with E-state index in [4.69, 9.17) is 4.52 Å². The third-order valence-corrected chi connectivity index (χ3v) is 4.30. The van der Waals surface area contributed by atoms with Crippen molar-refractivity contribution in [1.82, 2.24) is 19.6 Å². The van der Waals surface area contributed by atoms with Crippen molar-refractivity contribution >= 4 is 5.91 Å². The highest BCUT2D eigenvalue weighted by Crippen LogP contribution is 2.27. The first-order chi connectivity index (χ1) is 12.3. The summed E-state index contributed by atoms with van der Waals surface area (Å²) in [5.74, 6) is 0.398. The highest BCUT2D eigenvalue weighted by atomic mass is 19.4. The van der Waals surface area contributed by atoms with Gasteiger partial charge in [0.25, 0.3) is 5.56 Å². The molecule has 0 saturated carbocycles. The maximum atomic E-state index is 12.8. The number of alkyl halides is 3. The standard InChI is InChI=1S/C16H17F3N4O3/c1-10-20-14(26-21-10)11-4-2-6-22(8-11)13(24)9-23-7-3-5-12(15(23)25)16(17,18)19/h3,5,7,11H,2,4,6,8-9H2,1H3. The Hall–Kier alpha value is -2.65. The van der Waals surface area contributed by atoms with Gasteiger partial charge in [0, 0.05) is 19.3 Å². The van der Waals surface area contributed by atoms with Gasteiger partial charge < -0.3 is 14.0 Å². The molecule has 0 aromatic carbocycles. The van der Waals surface area contributed by atoms with E-state index in [1.165, 1.54) is 11.1 Å². The molecular weight excluding hydrogens is 353 g/mol. The van der Waals surface area contributed by atoms with Crippen molar-refractivity contribution in [3.05, 3.63) is 46.0 Å². The van der Waals surface area contributed by atoms with Crippen LogP contribution >= 0.6 is 0 Å². The zero-order valence-electron chi connectivity index (χ0n) is 14.0. The molecule has 0 N–H and O–H groups in total. The molecular formula is C16H17F3N4O3. The van der Waals surface area contributed by atoms with Gasteiger partial charge in [0.2, 0.25) is 11.8 Å². The Balaban J connectivity index is 1.73. The van der Waals surface area contributed by atoms with Crippen molar-refractivity contribution in [2.75, 3.05) is 13.1 Å². The van der Waals surface area contributed by atoms with Crippen LogP contribution in [0.1, 0.15) is 36.0 Å². The van der Waals surface area contributed by atoms with Gasteiger partial charge in [0.1, 0.15) is 12.1 Å². The fourth-order valence-electron chi connectivity index (χ4n) is 3.01. The number of rotatable bonds is 3. The maximum Gasteiger partial charge on any atom is 0.421 e. The summed E-state index contributed by atoms with van der Waals surface area (Å²) in [6.07, 6.45) is -2.10. The van der Waals surface area contributed by atoms with Crippen molar-refractivity contribution in [3.8, 4) is 0 Å². The maximum absolute atomic E-state index is 12.8. The zero-order valence-corrected chi connectivity index (χ0v) is 14.0. The van der Waals surface area contributed by atoms with E-state index >= 15 is 0 Å². The van der Waals surface area contributed by atoms with Crippen LogP contribution in [0.5, 0.6) is 0 Å². The van der Waals surface area contributed by atoms with Gasteiger partial charge in [-0.05, 0) is 31.9 Å². The molecule has 0 bridgehead atoms. The molecule has 1 amide bonds. The molecule has 1 unspecified atom stereocenters. The molecule has 0 radical (unpaired) electrons. The molecule has 2 aromatic rings. The van der Waals surface area contributed by atoms with Gasteiger partial charge in [-0.3, -0.25) is 9.59 Å². The molecule has 3 rings (SSSR count). The van der Waals surface area contributed by atoms with E-state index in [0.717, 1.165) is 17.1 Å². The first-order valence-corrected chi connectivity index (χ1v) is 8.10. The average molecular weight is 370 g/mol. The number of hydrogen-bond donors (Lipinski definition) is 0. The molecule has 0 aliphatic carbocycles. The number of aryl methyl sites for hydroxylation is 1. The summed E-state index contributed by atoms with van der Waals surface area (Å²) in [7, 11) is 0. The number of amides is 1. The van der Waals surface area contributed by atoms with Gasteiger partial charge >= 0.3 is 6.18 Å². The summed E-state index contributed by atoms with van der Waals surface area (Å²) in [6.45, 7) is 2.04. The minimum absolute atomic E-state index is 0.118. The third-order valence-electron chi connectivity index (χ3n) is 4.30. The summed E-state index contributed by atoms with van der Waals surface area (Å²) < 4.78 is 44.4. The largest absolute Gasteiger partial charge is 0.421 e. The molecule has 1 aliphatic heterocycles. The fraction of sp³-hybridized carbons (Fsp3) is 0.500. The van der Waals surface area contributed by atoms with Crippen LogP contribution in [0, 0.1) is 6.92 Å². The molecule has 1 saturated heterocycles. The minimum atomic E-state index is -4.75. The van der Waals surface area contributed by atoms with E-state index in [1.54, 1.807) is 6.92 Å². The van der Waals surface area contributed by atoms with E-state index < -0.39 is 29.8 Å². The van der Waals surface area contributed by atoms with Crippen LogP contribution in [0.4, 0.5) is 13.2 Å². The smallest absolute Gasteiger partial charge is 0.340 e. The number of likely N-dealkylation sites (tertiary alicyclic amines) is 1. The first-order valence-electron chi connectivity index (χ1n) is 8.10. The molecule has 1 fully saturated rings. The van der Waals surface area contributed by atoms with Crippen LogP contribution in [0.3, 0.4) is 0 Å². The summed E-state index contributed by atoms with van der Waals surface area (Å²) in [5, 5.41) is 3.73. The summed E-state index contributed by atoms with van der Waals surface area (Å²) in [6, 6.07) is 1.82. The van der Waals surface area contributed by atoms with E-state index in [1.807, 2.05) is 0 Å². The number of piperidine rings is 1. The molecule has 140 valence electrons. The Morgan fingerprint density at radius 1 is 1.42 bits per heavy atom. The fourth-order valence-corrected chi connectivity index (χ4v) is 3.01. The van der Waals surface area contributed by atoms with E-state index in [0.29, 0.717) is 37.3 Å². The van der Waals surface area contributed by atoms with Crippen molar-refractivity contribution in [2.24, 2.45) is 0 Å². The lowest BCUT2D eigenvalue weighted by Gasteiger charge is -2.31. The van der Waals surface area contributed by atoms with E-state index in [-0.39, 0.29) is 5.92 Å². The minimum Gasteiger partial charge on any atom is -0.340 e. The SMILES string of the molecule is Cc1noc(C2CCCN(C(=O)Cn3cccc(C(F)(F)F)c3=O)C2)n1. The van der Waals surface area contributed by atoms with Crippen LogP contribution in [0.15, 0.2) is 27.6 Å². The number of pyridine rings is 1. The topological polar surface area (TPSA) is 81.2 Å². The molecule has 7 nitrogen and oxygen atoms in total. The predicted octanol–water partition coefficient (Wildman–Crippen LogP) is 1.96. The summed E-state index contributed by atoms with van der Waals surface area (Å²) in [5.41, 5.74) is -2.51. The second kappa shape index (κ2) is 6.93. The van der Waals surface area contributed by atoms with Crippen LogP contribution in [-0.4, -0.2) is 38.6 Å². The quantitative estimate of drug-likeness (QED) is 0.825. The van der Waals surface area contributed by atoms with Crippen LogP contribution < -0.4 is 5.56 Å². The van der Waals surface area contributed by atoms with Gasteiger partial charge in [-0.25, -0.2) is 0 Å². The number of carbonyl (C=O) groups is 1. The van der Waals surface area contributed by atoms with Crippen LogP contribution in [-0.2, 0) is 17.5 Å². The normalized spacial score (nSPS) is 18.2. The Labute approximate surface area is 146 Å². The van der Waals surface area contributed by atoms with Crippen LogP contribution in [0.25, 0.3) is 0 Å². The van der Waals surface area contributed by atoms with Crippen LogP contribution in [0.2, 0.25) is 0 Å². The Kier molecular flexibility index (Phi) is 4.84. The number of hydrogen-bond acceptors (Lipinski definition) is 5. The van der Waals surface area contributed by atoms with Gasteiger partial charge in [-0.2, -0.15) is 18.2 Å². The number of aromatic nitrogens is 3. The summed E-state index contributed by atoms with van der Waals surface area (Å²) >= 11 is 0. The second-order valence-electron chi connectivity index (χ2n) is 6.21. The van der Waals surface area contributed by atoms with Gasteiger partial charge in [-0.1, -0.05) is 5.16 Å². The van der Waals surface area contributed by atoms with E-state index in [2.05, 4.69) is 10.1 Å². The molecule has 1 atom stereocenters. The van der Waals surface area contributed by atoms with Gasteiger partial charge in [-0.15, -0.1) is 0 Å². The van der Waals surface area contributed by atoms with Crippen molar-refractivity contribution in [2.45, 2.75) is 38.4 Å². The molecule has 2 aromatic heterocycles. The highest BCUT2D eigenvalue weighted by molar-refractivity contribution is 5.76. The Morgan fingerprint density at radius 2 is 2.19 bits per heavy atom. The molecule has 3 heterocycles. The first kappa shape index (κ1) is 18.2. The molecule has 10 heteroatoms. The highest BCUT2D eigenvalue weighted by Gasteiger charge is 2.35. The predicted molar refractivity (Wildman–Crippen MR) is 83.3 cm³/mol. The van der Waals surface area contributed by atoms with Gasteiger partial charge in [0.15, 0.2) is 5.82 Å². The lowest BCUT2D eigenvalue weighted by molar-refractivity contribution is -0.139. The monoisotopic (exact) mass is 370 g/mol. The average Bonchev–Trinajstić information content (AvgIpc) is 3.02. The lowest BCUT2D eigenvalue weighted by Crippen LogP contribution is -2.42. The molecule has 1 aliphatic rings. The number of nitrogens with zero attached hydrogens (tertiary/aromatic N) is 4. The van der Waals surface area contributed by atoms with Gasteiger partial charge in [0.05, 0.1) is 5.92 Å². The zero-order chi connectivity index (χ0) is 18.9. The third kappa shape index (κ3) is 3.78. The number of halogens is 3. The van der Waals surface area contributed by atoms with Crippen molar-refractivity contribution in [1.29, 1.82) is 0 Å². The number of carbonyl (C=O) groups excluding carboxylic acids is 1. The molecule has 26 heavy (non-hydrogen) atoms. The summed E-state index contributed by atoms with van der Waals surface area (Å²) in [4.78, 5) is 30.1. The Morgan fingerprint density at radius 3 is 2.85 bits per heavy atom. The lowest BCUT2D eigenvalue weighted by atomic mass is 9.98. The second-order valence-corrected chi connectivity index (χ2v) is 6.21. The van der Waals surface area contributed by atoms with Crippen molar-refractivity contribution in [3.63, 3.8) is 0 Å².